The fraction of sp³-hybridized carbons (Fsp3) is 0.200. The van der Waals surface area contributed by atoms with Crippen molar-refractivity contribution < 1.29 is 18.1 Å². The van der Waals surface area contributed by atoms with Crippen molar-refractivity contribution in [3.8, 4) is 12.0 Å². The Kier molecular flexibility index (Phi) is 4.53. The van der Waals surface area contributed by atoms with Gasteiger partial charge in [-0.05, 0) is 18.9 Å². The monoisotopic (exact) mass is 289 g/mol. The number of non-ortho nitro benzene ring substituents is 1. The maximum atomic E-state index is 11.2. The lowest BCUT2D eigenvalue weighted by atomic mass is 10.2. The largest absolute Gasteiger partial charge is 0.447 e. The third-order valence-electron chi connectivity index (χ3n) is 1.80. The van der Waals surface area contributed by atoms with Gasteiger partial charge in [-0.15, -0.1) is 0 Å². The van der Waals surface area contributed by atoms with E-state index in [1.165, 1.54) is 0 Å². The first-order valence-electron chi connectivity index (χ1n) is 4.71. The van der Waals surface area contributed by atoms with Gasteiger partial charge >= 0.3 is 0 Å². The molecule has 0 radical (unpaired) electrons. The van der Waals surface area contributed by atoms with E-state index in [0.717, 1.165) is 18.2 Å². The third kappa shape index (κ3) is 3.91. The van der Waals surface area contributed by atoms with E-state index in [4.69, 9.17) is 15.4 Å². The first-order valence-corrected chi connectivity index (χ1v) is 7.02. The summed E-state index contributed by atoms with van der Waals surface area (Å²) in [5.74, 6) is 2.45. The number of hydrogen-bond donors (Lipinski definition) is 0. The molecule has 0 aromatic heterocycles. The number of rotatable bonds is 3. The Morgan fingerprint density at radius 3 is 2.61 bits per heavy atom. The van der Waals surface area contributed by atoms with E-state index < -0.39 is 19.7 Å². The highest BCUT2D eigenvalue weighted by molar-refractivity contribution is 8.13. The van der Waals surface area contributed by atoms with Gasteiger partial charge in [0.2, 0.25) is 0 Å². The van der Waals surface area contributed by atoms with Crippen LogP contribution in [-0.4, -0.2) is 19.9 Å². The third-order valence-corrected chi connectivity index (χ3v) is 3.13. The van der Waals surface area contributed by atoms with Gasteiger partial charge in [0.25, 0.3) is 14.7 Å². The number of nitrogens with zero attached hydrogens (tertiary/aromatic N) is 1. The molecule has 1 rings (SSSR count). The van der Waals surface area contributed by atoms with Crippen molar-refractivity contribution in [1.29, 1.82) is 0 Å². The van der Waals surface area contributed by atoms with Gasteiger partial charge < -0.3 is 4.74 Å². The fourth-order valence-corrected chi connectivity index (χ4v) is 1.87. The fourth-order valence-electron chi connectivity index (χ4n) is 1.07. The predicted octanol–water partition coefficient (Wildman–Crippen LogP) is 1.87. The highest BCUT2D eigenvalue weighted by atomic mass is 35.7. The first-order chi connectivity index (χ1) is 8.34. The van der Waals surface area contributed by atoms with Crippen LogP contribution in [0, 0.1) is 22.1 Å². The van der Waals surface area contributed by atoms with Gasteiger partial charge in [0, 0.05) is 28.4 Å². The Morgan fingerprint density at radius 2 is 2.11 bits per heavy atom. The van der Waals surface area contributed by atoms with Crippen LogP contribution >= 0.6 is 10.7 Å². The van der Waals surface area contributed by atoms with Crippen LogP contribution < -0.4 is 0 Å². The molecule has 0 atom stereocenters. The van der Waals surface area contributed by atoms with Crippen molar-refractivity contribution in [2.24, 2.45) is 0 Å². The maximum Gasteiger partial charge on any atom is 0.272 e. The molecule has 0 unspecified atom stereocenters. The molecular formula is C10H8ClNO5S. The minimum atomic E-state index is -4.05. The van der Waals surface area contributed by atoms with Crippen LogP contribution in [0.15, 0.2) is 23.1 Å². The molecule has 0 amide bonds. The second kappa shape index (κ2) is 5.71. The van der Waals surface area contributed by atoms with Crippen LogP contribution in [0.2, 0.25) is 0 Å². The Balaban J connectivity index is 3.33. The predicted molar refractivity (Wildman–Crippen MR) is 64.6 cm³/mol. The molecule has 0 aliphatic heterocycles. The molecule has 0 aliphatic rings. The number of nitro groups is 1. The summed E-state index contributed by atoms with van der Waals surface area (Å²) < 4.78 is 27.1. The molecule has 0 N–H and O–H groups in total. The van der Waals surface area contributed by atoms with Gasteiger partial charge in [-0.3, -0.25) is 10.1 Å². The lowest BCUT2D eigenvalue weighted by molar-refractivity contribution is -0.385. The van der Waals surface area contributed by atoms with Crippen LogP contribution in [0.1, 0.15) is 12.5 Å². The lowest BCUT2D eigenvalue weighted by Gasteiger charge is -1.98. The first kappa shape index (κ1) is 14.3. The standard InChI is InChI=1S/C10H8ClNO5S/c1-2-17-4-3-8-5-9(12(13)14)7-10(6-8)18(11,15)16/h5-7H,2H2,1H3. The maximum absolute atomic E-state index is 11.2. The van der Waals surface area contributed by atoms with E-state index in [1.54, 1.807) is 6.92 Å². The van der Waals surface area contributed by atoms with E-state index in [1.807, 2.05) is 0 Å². The molecule has 0 saturated carbocycles. The van der Waals surface area contributed by atoms with Gasteiger partial charge in [0.05, 0.1) is 16.4 Å². The molecule has 0 spiro atoms. The Bertz CT molecular complexity index is 629. The molecule has 0 heterocycles. The average molecular weight is 290 g/mol. The van der Waals surface area contributed by atoms with E-state index in [-0.39, 0.29) is 10.5 Å². The second-order valence-electron chi connectivity index (χ2n) is 3.07. The zero-order valence-corrected chi connectivity index (χ0v) is 10.8. The quantitative estimate of drug-likeness (QED) is 0.367. The Hall–Kier alpha value is -1.78. The molecule has 6 nitrogen and oxygen atoms in total. The number of nitro benzene ring substituents is 1. The summed E-state index contributed by atoms with van der Waals surface area (Å²) >= 11 is 0. The smallest absolute Gasteiger partial charge is 0.272 e. The summed E-state index contributed by atoms with van der Waals surface area (Å²) in [4.78, 5) is 9.55. The number of hydrogen-bond acceptors (Lipinski definition) is 5. The molecule has 0 bridgehead atoms. The topological polar surface area (TPSA) is 86.5 Å². The summed E-state index contributed by atoms with van der Waals surface area (Å²) in [6.07, 6.45) is 2.29. The van der Waals surface area contributed by atoms with Gasteiger partial charge in [-0.2, -0.15) is 0 Å². The minimum absolute atomic E-state index is 0.136. The van der Waals surface area contributed by atoms with Crippen LogP contribution in [0.4, 0.5) is 5.69 Å². The van der Waals surface area contributed by atoms with E-state index in [9.17, 15) is 18.5 Å². The van der Waals surface area contributed by atoms with Crippen molar-refractivity contribution in [3.63, 3.8) is 0 Å². The average Bonchev–Trinajstić information content (AvgIpc) is 2.28. The van der Waals surface area contributed by atoms with Gasteiger partial charge in [0.15, 0.2) is 0 Å². The highest BCUT2D eigenvalue weighted by Gasteiger charge is 2.16. The molecule has 0 fully saturated rings. The van der Waals surface area contributed by atoms with Crippen LogP contribution in [0.5, 0.6) is 0 Å². The molecule has 1 aromatic rings. The number of ether oxygens (including phenoxy) is 1. The summed E-state index contributed by atoms with van der Waals surface area (Å²) in [5, 5.41) is 10.7. The van der Waals surface area contributed by atoms with Crippen molar-refractivity contribution in [3.05, 3.63) is 33.9 Å². The van der Waals surface area contributed by atoms with Crippen molar-refractivity contribution in [1.82, 2.24) is 0 Å². The SMILES string of the molecule is CCOC#Cc1cc([N+](=O)[O-])cc(S(=O)(=O)Cl)c1. The van der Waals surface area contributed by atoms with Crippen molar-refractivity contribution in [2.45, 2.75) is 11.8 Å². The van der Waals surface area contributed by atoms with Gasteiger partial charge in [-0.1, -0.05) is 0 Å². The Labute approximate surface area is 108 Å². The summed E-state index contributed by atoms with van der Waals surface area (Å²) in [6, 6.07) is 3.15. The van der Waals surface area contributed by atoms with Gasteiger partial charge in [-0.25, -0.2) is 8.42 Å². The molecule has 96 valence electrons. The second-order valence-corrected chi connectivity index (χ2v) is 5.64. The van der Waals surface area contributed by atoms with Crippen LogP contribution in [0.3, 0.4) is 0 Å². The molecule has 1 aromatic carbocycles. The lowest BCUT2D eigenvalue weighted by Crippen LogP contribution is -1.96. The van der Waals surface area contributed by atoms with E-state index in [2.05, 4.69) is 12.0 Å². The summed E-state index contributed by atoms with van der Waals surface area (Å²) in [7, 11) is 1.09. The summed E-state index contributed by atoms with van der Waals surface area (Å²) in [6.45, 7) is 2.07. The molecule has 8 heteroatoms. The number of halogens is 1. The normalized spacial score (nSPS) is 10.3. The molecule has 0 saturated heterocycles. The minimum Gasteiger partial charge on any atom is -0.447 e. The van der Waals surface area contributed by atoms with Crippen molar-refractivity contribution in [2.75, 3.05) is 6.61 Å². The zero-order valence-electron chi connectivity index (χ0n) is 9.21. The van der Waals surface area contributed by atoms with Crippen LogP contribution in [-0.2, 0) is 13.8 Å². The number of benzene rings is 1. The molecular weight excluding hydrogens is 282 g/mol. The van der Waals surface area contributed by atoms with Gasteiger partial charge in [0.1, 0.15) is 6.11 Å². The highest BCUT2D eigenvalue weighted by Crippen LogP contribution is 2.23. The zero-order chi connectivity index (χ0) is 13.8. The van der Waals surface area contributed by atoms with E-state index >= 15 is 0 Å². The summed E-state index contributed by atoms with van der Waals surface area (Å²) in [5.41, 5.74) is -0.269. The molecule has 18 heavy (non-hydrogen) atoms. The van der Waals surface area contributed by atoms with E-state index in [0.29, 0.717) is 6.61 Å². The van der Waals surface area contributed by atoms with Crippen molar-refractivity contribution >= 4 is 25.4 Å². The Morgan fingerprint density at radius 1 is 1.44 bits per heavy atom. The molecule has 0 aliphatic carbocycles. The van der Waals surface area contributed by atoms with Crippen LogP contribution in [0.25, 0.3) is 0 Å².